The Kier molecular flexibility index (Phi) is 7.95. The van der Waals surface area contributed by atoms with Gasteiger partial charge in [0.2, 0.25) is 0 Å². The second kappa shape index (κ2) is 12.8. The third kappa shape index (κ3) is 6.20. The topological polar surface area (TPSA) is 112 Å². The van der Waals surface area contributed by atoms with Crippen LogP contribution in [-0.4, -0.2) is 24.9 Å². The first-order chi connectivity index (χ1) is 23.1. The van der Waals surface area contributed by atoms with Crippen LogP contribution in [0.2, 0.25) is 0 Å². The highest BCUT2D eigenvalue weighted by Crippen LogP contribution is 2.36. The van der Waals surface area contributed by atoms with E-state index in [1.807, 2.05) is 103 Å². The third-order valence-corrected chi connectivity index (χ3v) is 8.19. The summed E-state index contributed by atoms with van der Waals surface area (Å²) in [5.74, 6) is 1.76. The first kappa shape index (κ1) is 29.2. The average Bonchev–Trinajstić information content (AvgIpc) is 3.15. The number of benzene rings is 3. The van der Waals surface area contributed by atoms with Crippen LogP contribution in [0.3, 0.4) is 0 Å². The van der Waals surface area contributed by atoms with Gasteiger partial charge in [0.1, 0.15) is 0 Å². The fraction of sp³-hybridized carbons (Fsp3) is 0.0750. The molecule has 0 N–H and O–H groups in total. The number of hydrogen-bond acceptors (Lipinski definition) is 7. The predicted octanol–water partition coefficient (Wildman–Crippen LogP) is 8.45. The van der Waals surface area contributed by atoms with Crippen LogP contribution >= 0.6 is 0 Å². The zero-order chi connectivity index (χ0) is 32.2. The first-order valence-corrected chi connectivity index (χ1v) is 15.2. The smallest absolute Gasteiger partial charge is 0.164 e. The Morgan fingerprint density at radius 2 is 1.06 bits per heavy atom. The van der Waals surface area contributed by atoms with Crippen molar-refractivity contribution in [1.82, 2.24) is 24.9 Å². The molecule has 3 aromatic carbocycles. The Balaban J connectivity index is 1.27. The Morgan fingerprint density at radius 1 is 0.574 bits per heavy atom. The predicted molar refractivity (Wildman–Crippen MR) is 182 cm³/mol. The van der Waals surface area contributed by atoms with Crippen LogP contribution in [0.4, 0.5) is 0 Å². The van der Waals surface area contributed by atoms with E-state index in [0.29, 0.717) is 28.6 Å². The highest BCUT2D eigenvalue weighted by molar-refractivity contribution is 5.75. The lowest BCUT2D eigenvalue weighted by Crippen LogP contribution is -2.11. The van der Waals surface area contributed by atoms with E-state index in [0.717, 1.165) is 44.8 Å². The molecule has 0 spiro atoms. The Labute approximate surface area is 272 Å². The van der Waals surface area contributed by atoms with E-state index in [9.17, 15) is 10.5 Å². The molecule has 0 bridgehead atoms. The highest BCUT2D eigenvalue weighted by atomic mass is 15.0. The Hall–Kier alpha value is -6.57. The first-order valence-electron chi connectivity index (χ1n) is 15.2. The molecular formula is C40H27N7. The molecule has 47 heavy (non-hydrogen) atoms. The molecule has 7 nitrogen and oxygen atoms in total. The molecule has 0 amide bonds. The van der Waals surface area contributed by atoms with Gasteiger partial charge in [0.15, 0.2) is 17.5 Å². The van der Waals surface area contributed by atoms with E-state index < -0.39 is 0 Å². The molecule has 1 aliphatic carbocycles. The summed E-state index contributed by atoms with van der Waals surface area (Å²) in [4.78, 5) is 23.8. The van der Waals surface area contributed by atoms with Crippen molar-refractivity contribution in [3.05, 3.63) is 156 Å². The summed E-state index contributed by atoms with van der Waals surface area (Å²) in [6.07, 6.45) is 9.84. The highest BCUT2D eigenvalue weighted by Gasteiger charge is 2.23. The van der Waals surface area contributed by atoms with E-state index in [2.05, 4.69) is 41.2 Å². The van der Waals surface area contributed by atoms with Gasteiger partial charge in [-0.2, -0.15) is 10.5 Å². The summed E-state index contributed by atoms with van der Waals surface area (Å²) in [6.45, 7) is 2.12. The van der Waals surface area contributed by atoms with E-state index in [1.165, 1.54) is 0 Å². The molecular weight excluding hydrogens is 578 g/mol. The SMILES string of the molecule is CC1C=C(c2nc(-c3ccc(-c4ccccn4)cc3)nc(-c3ccc(-c4ccccn4)cc3)n2)C=CC1c1cc(C#N)cc(C#N)c1. The van der Waals surface area contributed by atoms with Crippen molar-refractivity contribution in [2.24, 2.45) is 5.92 Å². The molecule has 222 valence electrons. The van der Waals surface area contributed by atoms with Crippen molar-refractivity contribution < 1.29 is 0 Å². The zero-order valence-corrected chi connectivity index (χ0v) is 25.5. The zero-order valence-electron chi connectivity index (χ0n) is 25.5. The quantitative estimate of drug-likeness (QED) is 0.187. The van der Waals surface area contributed by atoms with Gasteiger partial charge >= 0.3 is 0 Å². The molecule has 0 saturated heterocycles. The van der Waals surface area contributed by atoms with Crippen LogP contribution in [0.15, 0.2) is 134 Å². The minimum Gasteiger partial charge on any atom is -0.256 e. The molecule has 3 heterocycles. The Morgan fingerprint density at radius 3 is 1.51 bits per heavy atom. The standard InChI is InChI=1S/C40H27N7/c1-26-20-33(16-17-35(26)34-22-27(24-41)21-28(23-34)25-42)40-46-38(31-12-8-29(9-13-31)36-6-2-4-18-43-36)45-39(47-40)32-14-10-30(11-15-32)37-7-3-5-19-44-37/h2-23,26,35H,1H3. The number of nitrogens with zero attached hydrogens (tertiary/aromatic N) is 7. The number of nitriles is 2. The Bertz CT molecular complexity index is 2080. The maximum Gasteiger partial charge on any atom is 0.164 e. The maximum absolute atomic E-state index is 9.51. The lowest BCUT2D eigenvalue weighted by Gasteiger charge is -2.23. The molecule has 0 radical (unpaired) electrons. The number of aromatic nitrogens is 5. The normalized spacial score (nSPS) is 15.3. The van der Waals surface area contributed by atoms with Gasteiger partial charge in [0, 0.05) is 46.1 Å². The van der Waals surface area contributed by atoms with E-state index in [4.69, 9.17) is 15.0 Å². The summed E-state index contributed by atoms with van der Waals surface area (Å²) >= 11 is 0. The summed E-state index contributed by atoms with van der Waals surface area (Å²) in [6, 6.07) is 37.5. The van der Waals surface area contributed by atoms with Crippen molar-refractivity contribution in [3.8, 4) is 57.4 Å². The van der Waals surface area contributed by atoms with E-state index in [-0.39, 0.29) is 11.8 Å². The van der Waals surface area contributed by atoms with Crippen LogP contribution in [-0.2, 0) is 0 Å². The lowest BCUT2D eigenvalue weighted by molar-refractivity contribution is 0.636. The molecule has 1 aliphatic rings. The molecule has 0 fully saturated rings. The fourth-order valence-corrected chi connectivity index (χ4v) is 5.77. The van der Waals surface area contributed by atoms with Gasteiger partial charge in [0.25, 0.3) is 0 Å². The monoisotopic (exact) mass is 605 g/mol. The molecule has 7 rings (SSSR count). The second-order valence-electron chi connectivity index (χ2n) is 11.3. The van der Waals surface area contributed by atoms with E-state index in [1.54, 1.807) is 18.5 Å². The molecule has 0 saturated carbocycles. The van der Waals surface area contributed by atoms with Gasteiger partial charge in [-0.25, -0.2) is 15.0 Å². The fourth-order valence-electron chi connectivity index (χ4n) is 5.77. The van der Waals surface area contributed by atoms with Gasteiger partial charge in [-0.1, -0.05) is 85.8 Å². The second-order valence-corrected chi connectivity index (χ2v) is 11.3. The van der Waals surface area contributed by atoms with Crippen molar-refractivity contribution in [1.29, 1.82) is 10.5 Å². The van der Waals surface area contributed by atoms with Crippen molar-refractivity contribution >= 4 is 5.57 Å². The molecule has 6 aromatic rings. The summed E-state index contributed by atoms with van der Waals surface area (Å²) in [7, 11) is 0. The van der Waals surface area contributed by atoms with Crippen molar-refractivity contribution in [3.63, 3.8) is 0 Å². The summed E-state index contributed by atoms with van der Waals surface area (Å²) < 4.78 is 0. The number of pyridine rings is 2. The van der Waals surface area contributed by atoms with E-state index >= 15 is 0 Å². The number of hydrogen-bond donors (Lipinski definition) is 0. The van der Waals surface area contributed by atoms with Crippen LogP contribution in [0.25, 0.3) is 50.9 Å². The summed E-state index contributed by atoms with van der Waals surface area (Å²) in [5.41, 5.74) is 8.29. The molecule has 2 unspecified atom stereocenters. The van der Waals surface area contributed by atoms with Crippen molar-refractivity contribution in [2.75, 3.05) is 0 Å². The molecule has 2 atom stereocenters. The lowest BCUT2D eigenvalue weighted by atomic mass is 9.81. The minimum atomic E-state index is -0.00166. The van der Waals surface area contributed by atoms with Gasteiger partial charge in [0.05, 0.1) is 34.7 Å². The van der Waals surface area contributed by atoms with Gasteiger partial charge < -0.3 is 0 Å². The third-order valence-electron chi connectivity index (χ3n) is 8.19. The molecule has 0 aliphatic heterocycles. The number of rotatable bonds is 6. The van der Waals surface area contributed by atoms with Gasteiger partial charge in [-0.3, -0.25) is 9.97 Å². The largest absolute Gasteiger partial charge is 0.256 e. The average molecular weight is 606 g/mol. The van der Waals surface area contributed by atoms with Gasteiger partial charge in [-0.15, -0.1) is 0 Å². The molecule has 3 aromatic heterocycles. The maximum atomic E-state index is 9.51. The van der Waals surface area contributed by atoms with Crippen LogP contribution in [0, 0.1) is 28.6 Å². The van der Waals surface area contributed by atoms with Crippen LogP contribution < -0.4 is 0 Å². The summed E-state index contributed by atoms with van der Waals surface area (Å²) in [5, 5.41) is 19.0. The van der Waals surface area contributed by atoms with Gasteiger partial charge in [-0.05, 0) is 53.9 Å². The van der Waals surface area contributed by atoms with Crippen LogP contribution in [0.1, 0.15) is 35.4 Å². The number of allylic oxidation sites excluding steroid dienone is 4. The van der Waals surface area contributed by atoms with Crippen molar-refractivity contribution in [2.45, 2.75) is 12.8 Å². The minimum absolute atomic E-state index is 0.00166. The molecule has 7 heteroatoms. The van der Waals surface area contributed by atoms with Crippen LogP contribution in [0.5, 0.6) is 0 Å².